The molecule has 0 saturated heterocycles. The molecule has 4 nitrogen and oxygen atoms in total. The first kappa shape index (κ1) is 16.8. The molecule has 0 amide bonds. The van der Waals surface area contributed by atoms with Crippen molar-refractivity contribution < 1.29 is 4.74 Å². The van der Waals surface area contributed by atoms with Crippen molar-refractivity contribution in [1.29, 1.82) is 0 Å². The molecule has 1 fully saturated rings. The molecule has 1 saturated carbocycles. The fraction of sp³-hybridized carbons (Fsp3) is 0.611. The average Bonchev–Trinajstić information content (AvgIpc) is 3.04. The maximum atomic E-state index is 5.54. The first-order chi connectivity index (χ1) is 10.8. The molecule has 2 rings (SSSR count). The second-order valence-electron chi connectivity index (χ2n) is 5.73. The lowest BCUT2D eigenvalue weighted by molar-refractivity contribution is 0.133. The topological polar surface area (TPSA) is 45.7 Å². The molecular weight excluding hydrogens is 274 g/mol. The van der Waals surface area contributed by atoms with Gasteiger partial charge in [-0.3, -0.25) is 0 Å². The maximum Gasteiger partial charge on any atom is 0.191 e. The maximum absolute atomic E-state index is 5.54. The van der Waals surface area contributed by atoms with E-state index in [1.165, 1.54) is 36.8 Å². The quantitative estimate of drug-likeness (QED) is 0.600. The van der Waals surface area contributed by atoms with Gasteiger partial charge >= 0.3 is 0 Å². The van der Waals surface area contributed by atoms with Crippen LogP contribution in [0.5, 0.6) is 0 Å². The second-order valence-corrected chi connectivity index (χ2v) is 5.73. The molecule has 1 aromatic rings. The molecule has 0 aliphatic heterocycles. The highest BCUT2D eigenvalue weighted by atomic mass is 16.5. The molecule has 1 aliphatic rings. The Bertz CT molecular complexity index is 467. The Morgan fingerprint density at radius 3 is 2.59 bits per heavy atom. The Morgan fingerprint density at radius 1 is 1.18 bits per heavy atom. The van der Waals surface area contributed by atoms with Crippen LogP contribution in [-0.2, 0) is 17.9 Å². The number of rotatable bonds is 7. The molecule has 1 aliphatic carbocycles. The monoisotopic (exact) mass is 303 g/mol. The number of ether oxygens (including phenoxy) is 1. The van der Waals surface area contributed by atoms with E-state index in [9.17, 15) is 0 Å². The molecule has 0 heterocycles. The SMILES string of the molecule is CCNC(=NCc1ccccc1COCC)NC1CCCC1. The highest BCUT2D eigenvalue weighted by Gasteiger charge is 2.15. The predicted molar refractivity (Wildman–Crippen MR) is 92.0 cm³/mol. The fourth-order valence-electron chi connectivity index (χ4n) is 2.81. The van der Waals surface area contributed by atoms with Gasteiger partial charge in [0.15, 0.2) is 5.96 Å². The summed E-state index contributed by atoms with van der Waals surface area (Å²) in [6.45, 7) is 7.10. The zero-order chi connectivity index (χ0) is 15.6. The number of nitrogens with one attached hydrogen (secondary N) is 2. The summed E-state index contributed by atoms with van der Waals surface area (Å²) in [6.07, 6.45) is 5.17. The van der Waals surface area contributed by atoms with Crippen molar-refractivity contribution in [2.75, 3.05) is 13.2 Å². The summed E-state index contributed by atoms with van der Waals surface area (Å²) < 4.78 is 5.54. The minimum atomic E-state index is 0.580. The van der Waals surface area contributed by atoms with Crippen LogP contribution in [0.3, 0.4) is 0 Å². The van der Waals surface area contributed by atoms with Crippen LogP contribution in [0.25, 0.3) is 0 Å². The lowest BCUT2D eigenvalue weighted by Gasteiger charge is -2.17. The molecule has 22 heavy (non-hydrogen) atoms. The van der Waals surface area contributed by atoms with Gasteiger partial charge < -0.3 is 15.4 Å². The van der Waals surface area contributed by atoms with Crippen LogP contribution >= 0.6 is 0 Å². The Labute approximate surface area is 134 Å². The highest BCUT2D eigenvalue weighted by molar-refractivity contribution is 5.80. The van der Waals surface area contributed by atoms with E-state index in [4.69, 9.17) is 9.73 Å². The number of guanidine groups is 1. The van der Waals surface area contributed by atoms with E-state index < -0.39 is 0 Å². The Balaban J connectivity index is 1.99. The molecule has 0 atom stereocenters. The van der Waals surface area contributed by atoms with Crippen molar-refractivity contribution in [2.45, 2.75) is 58.7 Å². The largest absolute Gasteiger partial charge is 0.377 e. The zero-order valence-corrected chi connectivity index (χ0v) is 13.9. The smallest absolute Gasteiger partial charge is 0.191 e. The van der Waals surface area contributed by atoms with E-state index >= 15 is 0 Å². The molecule has 0 aromatic heterocycles. The number of nitrogens with zero attached hydrogens (tertiary/aromatic N) is 1. The lowest BCUT2D eigenvalue weighted by atomic mass is 10.1. The van der Waals surface area contributed by atoms with Gasteiger partial charge in [-0.25, -0.2) is 4.99 Å². The minimum absolute atomic E-state index is 0.580. The van der Waals surface area contributed by atoms with Crippen LogP contribution in [0, 0.1) is 0 Å². The van der Waals surface area contributed by atoms with Crippen molar-refractivity contribution in [3.8, 4) is 0 Å². The number of hydrogen-bond acceptors (Lipinski definition) is 2. The molecular formula is C18H29N3O. The third-order valence-corrected chi connectivity index (χ3v) is 4.03. The van der Waals surface area contributed by atoms with Crippen LogP contribution in [-0.4, -0.2) is 25.2 Å². The minimum Gasteiger partial charge on any atom is -0.377 e. The third kappa shape index (κ3) is 5.34. The molecule has 0 radical (unpaired) electrons. The van der Waals surface area contributed by atoms with E-state index in [0.29, 0.717) is 19.2 Å². The van der Waals surface area contributed by atoms with Crippen LogP contribution in [0.15, 0.2) is 29.3 Å². The highest BCUT2D eigenvalue weighted by Crippen LogP contribution is 2.17. The van der Waals surface area contributed by atoms with Crippen LogP contribution < -0.4 is 10.6 Å². The van der Waals surface area contributed by atoms with Crippen molar-refractivity contribution in [3.63, 3.8) is 0 Å². The first-order valence-corrected chi connectivity index (χ1v) is 8.52. The van der Waals surface area contributed by atoms with Gasteiger partial charge in [0.25, 0.3) is 0 Å². The molecule has 0 spiro atoms. The van der Waals surface area contributed by atoms with Gasteiger partial charge in [0.1, 0.15) is 0 Å². The van der Waals surface area contributed by atoms with E-state index in [1.54, 1.807) is 0 Å². The number of aliphatic imine (C=N–C) groups is 1. The van der Waals surface area contributed by atoms with E-state index in [-0.39, 0.29) is 0 Å². The fourth-order valence-corrected chi connectivity index (χ4v) is 2.81. The Kier molecular flexibility index (Phi) is 7.23. The van der Waals surface area contributed by atoms with Gasteiger partial charge in [0.2, 0.25) is 0 Å². The van der Waals surface area contributed by atoms with Gasteiger partial charge in [-0.1, -0.05) is 37.1 Å². The average molecular weight is 303 g/mol. The van der Waals surface area contributed by atoms with Crippen molar-refractivity contribution in [3.05, 3.63) is 35.4 Å². The lowest BCUT2D eigenvalue weighted by Crippen LogP contribution is -2.42. The number of benzene rings is 1. The summed E-state index contributed by atoms with van der Waals surface area (Å²) in [5.41, 5.74) is 2.46. The summed E-state index contributed by atoms with van der Waals surface area (Å²) in [6, 6.07) is 8.96. The molecule has 122 valence electrons. The van der Waals surface area contributed by atoms with Gasteiger partial charge in [-0.15, -0.1) is 0 Å². The van der Waals surface area contributed by atoms with Crippen LogP contribution in [0.2, 0.25) is 0 Å². The predicted octanol–water partition coefficient (Wildman–Crippen LogP) is 3.22. The van der Waals surface area contributed by atoms with Crippen molar-refractivity contribution in [2.24, 2.45) is 4.99 Å². The van der Waals surface area contributed by atoms with E-state index in [2.05, 4.69) is 41.8 Å². The molecule has 0 bridgehead atoms. The summed E-state index contributed by atoms with van der Waals surface area (Å²) >= 11 is 0. The molecule has 0 unspecified atom stereocenters. The van der Waals surface area contributed by atoms with Crippen LogP contribution in [0.4, 0.5) is 0 Å². The summed E-state index contributed by atoms with van der Waals surface area (Å²) in [4.78, 5) is 4.75. The van der Waals surface area contributed by atoms with Crippen molar-refractivity contribution in [1.82, 2.24) is 10.6 Å². The number of hydrogen-bond donors (Lipinski definition) is 2. The standard InChI is InChI=1S/C18H29N3O/c1-3-19-18(21-17-11-7-8-12-17)20-13-15-9-5-6-10-16(15)14-22-4-2/h5-6,9-10,17H,3-4,7-8,11-14H2,1-2H3,(H2,19,20,21). The third-order valence-electron chi connectivity index (χ3n) is 4.03. The van der Waals surface area contributed by atoms with Gasteiger partial charge in [-0.05, 0) is 37.8 Å². The van der Waals surface area contributed by atoms with E-state index in [1.807, 2.05) is 6.92 Å². The summed E-state index contributed by atoms with van der Waals surface area (Å²) in [5, 5.41) is 6.91. The second kappa shape index (κ2) is 9.46. The molecule has 1 aromatic carbocycles. The zero-order valence-electron chi connectivity index (χ0n) is 13.9. The van der Waals surface area contributed by atoms with Crippen molar-refractivity contribution >= 4 is 5.96 Å². The van der Waals surface area contributed by atoms with Gasteiger partial charge in [-0.2, -0.15) is 0 Å². The Morgan fingerprint density at radius 2 is 1.91 bits per heavy atom. The van der Waals surface area contributed by atoms with Crippen LogP contribution in [0.1, 0.15) is 50.7 Å². The molecule has 4 heteroatoms. The summed E-state index contributed by atoms with van der Waals surface area (Å²) in [7, 11) is 0. The Hall–Kier alpha value is -1.55. The summed E-state index contributed by atoms with van der Waals surface area (Å²) in [5.74, 6) is 0.931. The van der Waals surface area contributed by atoms with E-state index in [0.717, 1.165) is 19.1 Å². The van der Waals surface area contributed by atoms with Gasteiger partial charge in [0, 0.05) is 19.2 Å². The van der Waals surface area contributed by atoms with Gasteiger partial charge in [0.05, 0.1) is 13.2 Å². The normalized spacial score (nSPS) is 16.0. The first-order valence-electron chi connectivity index (χ1n) is 8.52. The molecule has 2 N–H and O–H groups in total.